The zero-order valence-electron chi connectivity index (χ0n) is 31.4. The van der Waals surface area contributed by atoms with Crippen molar-refractivity contribution >= 4 is 27.5 Å². The third-order valence-corrected chi connectivity index (χ3v) is 9.44. The maximum atomic E-state index is 11.7. The second-order valence-electron chi connectivity index (χ2n) is 14.6. The molecule has 0 aliphatic heterocycles. The molecule has 3 heterocycles. The van der Waals surface area contributed by atoms with E-state index in [1.807, 2.05) is 63.1 Å². The van der Waals surface area contributed by atoms with E-state index in [4.69, 9.17) is 9.40 Å². The van der Waals surface area contributed by atoms with Gasteiger partial charge in [-0.05, 0) is 61.1 Å². The summed E-state index contributed by atoms with van der Waals surface area (Å²) in [5.74, 6) is 1.12. The van der Waals surface area contributed by atoms with Crippen LogP contribution in [0.15, 0.2) is 83.4 Å². The summed E-state index contributed by atoms with van der Waals surface area (Å²) >= 11 is 0. The maximum Gasteiger partial charge on any atom is 0.162 e. The van der Waals surface area contributed by atoms with Gasteiger partial charge in [-0.1, -0.05) is 91.5 Å². The van der Waals surface area contributed by atoms with Gasteiger partial charge in [0.1, 0.15) is 11.3 Å². The van der Waals surface area contributed by atoms with Crippen LogP contribution in [0.4, 0.5) is 0 Å². The zero-order chi connectivity index (χ0) is 35.9. The van der Waals surface area contributed by atoms with Crippen LogP contribution in [0.1, 0.15) is 99.1 Å². The molecule has 0 atom stereocenters. The third kappa shape index (κ3) is 9.74. The van der Waals surface area contributed by atoms with E-state index < -0.39 is 0 Å². The van der Waals surface area contributed by atoms with Gasteiger partial charge in [0, 0.05) is 68.3 Å². The van der Waals surface area contributed by atoms with Crippen molar-refractivity contribution in [2.45, 2.75) is 99.8 Å². The summed E-state index contributed by atoms with van der Waals surface area (Å²) in [5.41, 5.74) is 7.33. The Labute approximate surface area is 313 Å². The molecular formula is C44H55IrN2O3-. The van der Waals surface area contributed by atoms with Gasteiger partial charge in [0.2, 0.25) is 0 Å². The van der Waals surface area contributed by atoms with E-state index in [1.165, 1.54) is 22.6 Å². The summed E-state index contributed by atoms with van der Waals surface area (Å²) in [6, 6.07) is 20.6. The molecule has 5 aromatic rings. The van der Waals surface area contributed by atoms with Gasteiger partial charge in [-0.2, -0.15) is 0 Å². The van der Waals surface area contributed by atoms with Gasteiger partial charge in [-0.15, -0.1) is 29.1 Å². The minimum atomic E-state index is 0. The molecule has 3 aromatic heterocycles. The number of furan rings is 1. The van der Waals surface area contributed by atoms with Gasteiger partial charge in [-0.25, -0.2) is 0 Å². The third-order valence-electron chi connectivity index (χ3n) is 9.44. The number of hydrogen-bond acceptors (Lipinski definition) is 4. The molecule has 1 radical (unpaired) electrons. The number of allylic oxidation sites excluding steroid dienone is 2. The Balaban J connectivity index is 0.000000361. The maximum absolute atomic E-state index is 11.7. The van der Waals surface area contributed by atoms with Crippen LogP contribution in [0.25, 0.3) is 44.3 Å². The molecule has 0 bridgehead atoms. The fourth-order valence-electron chi connectivity index (χ4n) is 6.42. The van der Waals surface area contributed by atoms with E-state index in [0.717, 1.165) is 71.0 Å². The Morgan fingerprint density at radius 2 is 1.64 bits per heavy atom. The van der Waals surface area contributed by atoms with Crippen LogP contribution < -0.4 is 4.57 Å². The molecule has 5 nitrogen and oxygen atoms in total. The average Bonchev–Trinajstić information content (AvgIpc) is 3.46. The van der Waals surface area contributed by atoms with Gasteiger partial charge in [0.25, 0.3) is 0 Å². The first kappa shape index (κ1) is 40.7. The molecule has 1 N–H and O–H groups in total. The number of carbonyl (C=O) groups excluding carboxylic acids is 1. The molecule has 0 saturated heterocycles. The fraction of sp³-hybridized carbons (Fsp3) is 0.409. The first-order chi connectivity index (χ1) is 23.3. The minimum absolute atomic E-state index is 0. The van der Waals surface area contributed by atoms with Crippen molar-refractivity contribution in [1.82, 2.24) is 4.98 Å². The number of nitrogens with zero attached hydrogens (tertiary/aromatic N) is 2. The molecule has 6 heteroatoms. The van der Waals surface area contributed by atoms with Crippen LogP contribution in [0.5, 0.6) is 0 Å². The van der Waals surface area contributed by atoms with Gasteiger partial charge in [0.05, 0.1) is 23.9 Å². The molecule has 5 rings (SSSR count). The monoisotopic (exact) mass is 852 g/mol. The van der Waals surface area contributed by atoms with Crippen LogP contribution in [-0.2, 0) is 36.7 Å². The van der Waals surface area contributed by atoms with Crippen LogP contribution >= 0.6 is 0 Å². The van der Waals surface area contributed by atoms with E-state index in [1.54, 1.807) is 0 Å². The Hall–Kier alpha value is -3.73. The van der Waals surface area contributed by atoms with Crippen LogP contribution in [-0.4, -0.2) is 15.9 Å². The second-order valence-corrected chi connectivity index (χ2v) is 14.6. The van der Waals surface area contributed by atoms with E-state index >= 15 is 0 Å². The molecule has 0 spiro atoms. The molecule has 0 fully saturated rings. The normalized spacial score (nSPS) is 12.0. The van der Waals surface area contributed by atoms with Crippen molar-refractivity contribution in [1.29, 1.82) is 0 Å². The number of fused-ring (bicyclic) bond motifs is 2. The Morgan fingerprint density at radius 3 is 2.26 bits per heavy atom. The zero-order valence-corrected chi connectivity index (χ0v) is 33.8. The Bertz CT molecular complexity index is 1910. The molecule has 0 amide bonds. The standard InChI is InChI=1S/C31H31N2O.C13H24O2.Ir/c1-20(2)13-24-19-34-30-17-28(32-18-26(24)30)22-11-12-33(6)29(16-22)23-14-21-9-7-8-10-25(21)27(15-23)31(3,4)5;1-5-10(6-2)12(14)9-13(15)11(7-3)8-4;/h7-12,15-20H,6,13H2,1-5H3;9-11,14H,5-8H2,1-4H3;/q-1;;/b;12-9-;. The summed E-state index contributed by atoms with van der Waals surface area (Å²) < 4.78 is 7.79. The predicted molar refractivity (Wildman–Crippen MR) is 203 cm³/mol. The number of aliphatic hydroxyl groups excluding tert-OH is 1. The molecule has 0 aliphatic rings. The number of pyridine rings is 2. The van der Waals surface area contributed by atoms with Crippen molar-refractivity contribution in [3.8, 4) is 22.5 Å². The van der Waals surface area contributed by atoms with Crippen LogP contribution in [0.2, 0.25) is 0 Å². The summed E-state index contributed by atoms with van der Waals surface area (Å²) in [6.45, 7) is 19.3. The predicted octanol–water partition coefficient (Wildman–Crippen LogP) is 11.4. The van der Waals surface area contributed by atoms with Gasteiger partial charge < -0.3 is 14.1 Å². The topological polar surface area (TPSA) is 67.2 Å². The average molecular weight is 852 g/mol. The number of rotatable bonds is 11. The number of hydrogen-bond donors (Lipinski definition) is 1. The summed E-state index contributed by atoms with van der Waals surface area (Å²) in [6.07, 6.45) is 11.7. The second kappa shape index (κ2) is 18.0. The number of carbonyl (C=O) groups is 1. The minimum Gasteiger partial charge on any atom is -0.512 e. The van der Waals surface area contributed by atoms with Gasteiger partial charge in [0.15, 0.2) is 5.78 Å². The molecule has 2 aromatic carbocycles. The largest absolute Gasteiger partial charge is 0.512 e. The molecule has 0 unspecified atom stereocenters. The molecule has 269 valence electrons. The Kier molecular flexibility index (Phi) is 14.6. The van der Waals surface area contributed by atoms with Crippen molar-refractivity contribution in [3.63, 3.8) is 0 Å². The smallest absolute Gasteiger partial charge is 0.162 e. The van der Waals surface area contributed by atoms with E-state index in [9.17, 15) is 9.90 Å². The van der Waals surface area contributed by atoms with Crippen molar-refractivity contribution in [3.05, 3.63) is 103 Å². The van der Waals surface area contributed by atoms with Crippen LogP contribution in [0.3, 0.4) is 0 Å². The number of aromatic nitrogens is 2. The van der Waals surface area contributed by atoms with Gasteiger partial charge >= 0.3 is 0 Å². The fourth-order valence-corrected chi connectivity index (χ4v) is 6.42. The number of aliphatic hydroxyl groups is 1. The summed E-state index contributed by atoms with van der Waals surface area (Å²) in [4.78, 5) is 16.5. The first-order valence-corrected chi connectivity index (χ1v) is 17.9. The molecular weight excluding hydrogens is 797 g/mol. The number of benzene rings is 2. The van der Waals surface area contributed by atoms with Crippen molar-refractivity contribution in [2.75, 3.05) is 0 Å². The van der Waals surface area contributed by atoms with Crippen LogP contribution in [0, 0.1) is 30.9 Å². The molecule has 0 aliphatic carbocycles. The summed E-state index contributed by atoms with van der Waals surface area (Å²) in [5, 5.41) is 13.2. The molecule has 50 heavy (non-hydrogen) atoms. The summed E-state index contributed by atoms with van der Waals surface area (Å²) in [7, 11) is 4.24. The van der Waals surface area contributed by atoms with E-state index in [-0.39, 0.29) is 48.9 Å². The van der Waals surface area contributed by atoms with E-state index in [0.29, 0.717) is 5.92 Å². The van der Waals surface area contributed by atoms with E-state index in [2.05, 4.69) is 84.1 Å². The quantitative estimate of drug-likeness (QED) is 0.0622. The van der Waals surface area contributed by atoms with Crippen molar-refractivity contribution in [2.24, 2.45) is 17.8 Å². The SMILES string of the molecule is CCC(CC)C(=O)/C=C(\O)C(CC)CC.[CH2-][n+]1ccc(-c2cc3occ(CC(C)C)c3cn2)cc1-c1[c-]c2ccccc2c(C(C)(C)C)c1.[Ir]. The Morgan fingerprint density at radius 1 is 0.980 bits per heavy atom. The molecule has 0 saturated carbocycles. The first-order valence-electron chi connectivity index (χ1n) is 17.9. The van der Waals surface area contributed by atoms with Gasteiger partial charge in [-0.3, -0.25) is 9.78 Å². The van der Waals surface area contributed by atoms with Crippen molar-refractivity contribution < 1.29 is 39.0 Å². The number of ketones is 1.